The van der Waals surface area contributed by atoms with E-state index in [1.165, 1.54) is 19.3 Å². The Kier molecular flexibility index (Phi) is 8.60. The summed E-state index contributed by atoms with van der Waals surface area (Å²) in [6.45, 7) is 7.71. The van der Waals surface area contributed by atoms with Crippen molar-refractivity contribution in [3.63, 3.8) is 0 Å². The lowest BCUT2D eigenvalue weighted by molar-refractivity contribution is 0.324. The van der Waals surface area contributed by atoms with Crippen LogP contribution in [-0.2, 0) is 0 Å². The average molecular weight is 316 g/mol. The predicted molar refractivity (Wildman–Crippen MR) is 90.8 cm³/mol. The maximum atomic E-state index is 6.41. The van der Waals surface area contributed by atoms with Crippen molar-refractivity contribution in [1.82, 2.24) is 5.32 Å². The molecule has 2 unspecified atom stereocenters. The first kappa shape index (κ1) is 17.8. The molecule has 0 aliphatic rings. The van der Waals surface area contributed by atoms with Gasteiger partial charge in [-0.05, 0) is 49.1 Å². The Labute approximate surface area is 134 Å². The minimum Gasteiger partial charge on any atom is -0.310 e. The Bertz CT molecular complexity index is 393. The molecule has 1 aromatic rings. The highest BCUT2D eigenvalue weighted by molar-refractivity contribution is 6.33. The van der Waals surface area contributed by atoms with Gasteiger partial charge in [-0.15, -0.1) is 0 Å². The number of rotatable bonds is 9. The Balaban J connectivity index is 2.99. The molecule has 0 radical (unpaired) electrons. The van der Waals surface area contributed by atoms with E-state index in [9.17, 15) is 0 Å². The second-order valence-corrected chi connectivity index (χ2v) is 6.25. The van der Waals surface area contributed by atoms with Crippen molar-refractivity contribution in [2.24, 2.45) is 5.92 Å². The third kappa shape index (κ3) is 5.27. The second kappa shape index (κ2) is 9.65. The maximum Gasteiger partial charge on any atom is 0.0454 e. The van der Waals surface area contributed by atoms with Crippen LogP contribution >= 0.6 is 23.2 Å². The van der Waals surface area contributed by atoms with Crippen molar-refractivity contribution in [1.29, 1.82) is 0 Å². The molecule has 0 fully saturated rings. The largest absolute Gasteiger partial charge is 0.310 e. The quantitative estimate of drug-likeness (QED) is 0.567. The lowest BCUT2D eigenvalue weighted by Crippen LogP contribution is -2.29. The zero-order valence-electron chi connectivity index (χ0n) is 12.9. The zero-order valence-corrected chi connectivity index (χ0v) is 14.4. The topological polar surface area (TPSA) is 12.0 Å². The summed E-state index contributed by atoms with van der Waals surface area (Å²) in [6, 6.07) is 6.09. The molecular weight excluding hydrogens is 289 g/mol. The van der Waals surface area contributed by atoms with Crippen LogP contribution in [0.4, 0.5) is 0 Å². The van der Waals surface area contributed by atoms with E-state index < -0.39 is 0 Å². The first-order chi connectivity index (χ1) is 9.63. The van der Waals surface area contributed by atoms with E-state index >= 15 is 0 Å². The molecule has 1 rings (SSSR count). The zero-order chi connectivity index (χ0) is 15.0. The first-order valence-corrected chi connectivity index (χ1v) is 8.57. The average Bonchev–Trinajstić information content (AvgIpc) is 2.45. The lowest BCUT2D eigenvalue weighted by Gasteiger charge is -2.29. The minimum atomic E-state index is 0.303. The highest BCUT2D eigenvalue weighted by Gasteiger charge is 2.23. The fourth-order valence-corrected chi connectivity index (χ4v) is 3.07. The van der Waals surface area contributed by atoms with Gasteiger partial charge in [-0.25, -0.2) is 0 Å². The highest BCUT2D eigenvalue weighted by atomic mass is 35.5. The molecule has 0 saturated carbocycles. The number of benzene rings is 1. The van der Waals surface area contributed by atoms with Crippen molar-refractivity contribution < 1.29 is 0 Å². The van der Waals surface area contributed by atoms with E-state index in [1.54, 1.807) is 0 Å². The number of hydrogen-bond donors (Lipinski definition) is 1. The molecule has 0 aromatic heterocycles. The summed E-state index contributed by atoms with van der Waals surface area (Å²) >= 11 is 12.6. The number of halogens is 2. The summed E-state index contributed by atoms with van der Waals surface area (Å²) in [7, 11) is 0. The van der Waals surface area contributed by atoms with Crippen LogP contribution in [0.5, 0.6) is 0 Å². The Hall–Kier alpha value is -0.240. The van der Waals surface area contributed by atoms with Crippen molar-refractivity contribution >= 4 is 23.2 Å². The van der Waals surface area contributed by atoms with Crippen LogP contribution in [0.25, 0.3) is 0 Å². The van der Waals surface area contributed by atoms with Gasteiger partial charge in [0.2, 0.25) is 0 Å². The van der Waals surface area contributed by atoms with Crippen molar-refractivity contribution in [2.75, 3.05) is 6.54 Å². The standard InChI is InChI=1S/C17H27Cl2N/c1-4-7-8-13(6-3)17(20-11-5-2)15-12-14(18)9-10-16(15)19/h9-10,12-13,17,20H,4-8,11H2,1-3H3. The van der Waals surface area contributed by atoms with Crippen molar-refractivity contribution in [3.05, 3.63) is 33.8 Å². The summed E-state index contributed by atoms with van der Waals surface area (Å²) in [6.07, 6.45) is 6.02. The van der Waals surface area contributed by atoms with Crippen LogP contribution < -0.4 is 5.32 Å². The molecule has 0 aliphatic heterocycles. The molecule has 3 heteroatoms. The fraction of sp³-hybridized carbons (Fsp3) is 0.647. The molecule has 0 bridgehead atoms. The summed E-state index contributed by atoms with van der Waals surface area (Å²) in [4.78, 5) is 0. The van der Waals surface area contributed by atoms with Crippen molar-refractivity contribution in [2.45, 2.75) is 58.9 Å². The Morgan fingerprint density at radius 1 is 1.10 bits per heavy atom. The second-order valence-electron chi connectivity index (χ2n) is 5.41. The number of hydrogen-bond acceptors (Lipinski definition) is 1. The van der Waals surface area contributed by atoms with E-state index in [1.807, 2.05) is 18.2 Å². The molecule has 20 heavy (non-hydrogen) atoms. The summed E-state index contributed by atoms with van der Waals surface area (Å²) in [5, 5.41) is 5.25. The minimum absolute atomic E-state index is 0.303. The molecule has 114 valence electrons. The van der Waals surface area contributed by atoms with Crippen LogP contribution in [0.3, 0.4) is 0 Å². The Morgan fingerprint density at radius 2 is 1.85 bits per heavy atom. The molecule has 0 amide bonds. The summed E-state index contributed by atoms with van der Waals surface area (Å²) in [5.41, 5.74) is 1.15. The van der Waals surface area contributed by atoms with E-state index in [0.717, 1.165) is 35.0 Å². The smallest absolute Gasteiger partial charge is 0.0454 e. The first-order valence-electron chi connectivity index (χ1n) is 7.82. The molecule has 2 atom stereocenters. The van der Waals surface area contributed by atoms with E-state index in [-0.39, 0.29) is 0 Å². The van der Waals surface area contributed by atoms with E-state index in [0.29, 0.717) is 12.0 Å². The van der Waals surface area contributed by atoms with Gasteiger partial charge in [-0.1, -0.05) is 63.2 Å². The monoisotopic (exact) mass is 315 g/mol. The molecule has 1 aromatic carbocycles. The van der Waals surface area contributed by atoms with Crippen molar-refractivity contribution in [3.8, 4) is 0 Å². The lowest BCUT2D eigenvalue weighted by atomic mass is 9.86. The molecule has 0 aliphatic carbocycles. The molecule has 0 spiro atoms. The highest BCUT2D eigenvalue weighted by Crippen LogP contribution is 2.34. The van der Waals surface area contributed by atoms with Crippen LogP contribution in [0, 0.1) is 5.92 Å². The SMILES string of the molecule is CCCCC(CC)C(NCCC)c1cc(Cl)ccc1Cl. The van der Waals surface area contributed by atoms with Crippen LogP contribution in [0.15, 0.2) is 18.2 Å². The number of nitrogens with one attached hydrogen (secondary N) is 1. The molecule has 1 nitrogen and oxygen atoms in total. The van der Waals surface area contributed by atoms with Gasteiger partial charge in [0.15, 0.2) is 0 Å². The summed E-state index contributed by atoms with van der Waals surface area (Å²) in [5.74, 6) is 0.609. The van der Waals surface area contributed by atoms with Crippen LogP contribution in [0.2, 0.25) is 10.0 Å². The van der Waals surface area contributed by atoms with Gasteiger partial charge in [0, 0.05) is 16.1 Å². The van der Waals surface area contributed by atoms with Gasteiger partial charge in [-0.3, -0.25) is 0 Å². The molecule has 0 saturated heterocycles. The van der Waals surface area contributed by atoms with Crippen LogP contribution in [0.1, 0.15) is 64.5 Å². The van der Waals surface area contributed by atoms with Crippen LogP contribution in [-0.4, -0.2) is 6.54 Å². The fourth-order valence-electron chi connectivity index (χ4n) is 2.66. The number of unbranched alkanes of at least 4 members (excludes halogenated alkanes) is 1. The predicted octanol–water partition coefficient (Wildman–Crippen LogP) is 6.25. The van der Waals surface area contributed by atoms with Gasteiger partial charge in [0.1, 0.15) is 0 Å². The molecule has 0 heterocycles. The third-order valence-corrected chi connectivity index (χ3v) is 4.41. The van der Waals surface area contributed by atoms with E-state index in [2.05, 4.69) is 26.1 Å². The normalized spacial score (nSPS) is 14.2. The van der Waals surface area contributed by atoms with E-state index in [4.69, 9.17) is 23.2 Å². The summed E-state index contributed by atoms with van der Waals surface area (Å²) < 4.78 is 0. The molecule has 1 N–H and O–H groups in total. The van der Waals surface area contributed by atoms with Gasteiger partial charge >= 0.3 is 0 Å². The van der Waals surface area contributed by atoms with Gasteiger partial charge < -0.3 is 5.32 Å². The Morgan fingerprint density at radius 3 is 2.45 bits per heavy atom. The van der Waals surface area contributed by atoms with Gasteiger partial charge in [0.05, 0.1) is 0 Å². The van der Waals surface area contributed by atoms with Gasteiger partial charge in [0.25, 0.3) is 0 Å². The van der Waals surface area contributed by atoms with Gasteiger partial charge in [-0.2, -0.15) is 0 Å². The third-order valence-electron chi connectivity index (χ3n) is 3.83. The maximum absolute atomic E-state index is 6.41. The molecular formula is C17H27Cl2N.